The molecule has 0 aliphatic heterocycles. The predicted molar refractivity (Wildman–Crippen MR) is 82.1 cm³/mol. The normalized spacial score (nSPS) is 11.6. The van der Waals surface area contributed by atoms with Crippen molar-refractivity contribution in [1.82, 2.24) is 10.5 Å². The van der Waals surface area contributed by atoms with Gasteiger partial charge in [-0.15, -0.1) is 0 Å². The van der Waals surface area contributed by atoms with Crippen LogP contribution < -0.4 is 10.1 Å². The number of carbonyl (C=O) groups is 2. The summed E-state index contributed by atoms with van der Waals surface area (Å²) >= 11 is 0. The Bertz CT molecular complexity index is 678. The number of aromatic nitrogens is 1. The molecule has 0 radical (unpaired) electrons. The highest BCUT2D eigenvalue weighted by molar-refractivity contribution is 5.95. The van der Waals surface area contributed by atoms with E-state index in [0.717, 1.165) is 11.3 Å². The number of nitrogens with zero attached hydrogens (tertiary/aromatic N) is 1. The van der Waals surface area contributed by atoms with Crippen LogP contribution in [0.1, 0.15) is 24.4 Å². The van der Waals surface area contributed by atoms with E-state index in [-0.39, 0.29) is 12.4 Å². The smallest absolute Gasteiger partial charge is 0.328 e. The monoisotopic (exact) mass is 318 g/mol. The largest absolute Gasteiger partial charge is 0.497 e. The molecule has 1 aromatic heterocycles. The van der Waals surface area contributed by atoms with Gasteiger partial charge in [-0.05, 0) is 38.1 Å². The van der Waals surface area contributed by atoms with Gasteiger partial charge >= 0.3 is 5.97 Å². The first-order valence-electron chi connectivity index (χ1n) is 7.13. The van der Waals surface area contributed by atoms with Crippen LogP contribution >= 0.6 is 0 Å². The third-order valence-corrected chi connectivity index (χ3v) is 3.11. The number of nitrogens with one attached hydrogen (secondary N) is 1. The first-order chi connectivity index (χ1) is 11.0. The Morgan fingerprint density at radius 1 is 1.30 bits per heavy atom. The maximum Gasteiger partial charge on any atom is 0.328 e. The van der Waals surface area contributed by atoms with Crippen LogP contribution in [0, 0.1) is 0 Å². The van der Waals surface area contributed by atoms with E-state index in [0.29, 0.717) is 5.69 Å². The Morgan fingerprint density at radius 2 is 2.00 bits per heavy atom. The molecule has 23 heavy (non-hydrogen) atoms. The number of hydrogen-bond donors (Lipinski definition) is 1. The maximum atomic E-state index is 12.0. The van der Waals surface area contributed by atoms with E-state index < -0.39 is 17.9 Å². The van der Waals surface area contributed by atoms with Crippen LogP contribution in [0.4, 0.5) is 0 Å². The number of rotatable bonds is 6. The van der Waals surface area contributed by atoms with Gasteiger partial charge in [-0.2, -0.15) is 0 Å². The molecular weight excluding hydrogens is 300 g/mol. The van der Waals surface area contributed by atoms with E-state index in [2.05, 4.69) is 10.5 Å². The molecule has 7 nitrogen and oxygen atoms in total. The summed E-state index contributed by atoms with van der Waals surface area (Å²) in [4.78, 5) is 23.5. The van der Waals surface area contributed by atoms with E-state index >= 15 is 0 Å². The first kappa shape index (κ1) is 16.5. The summed E-state index contributed by atoms with van der Waals surface area (Å²) in [5.74, 6) is -0.293. The molecular formula is C16H18N2O5. The molecule has 0 saturated carbocycles. The fourth-order valence-electron chi connectivity index (χ4n) is 1.87. The topological polar surface area (TPSA) is 90.7 Å². The lowest BCUT2D eigenvalue weighted by molar-refractivity contribution is -0.144. The Morgan fingerprint density at radius 3 is 2.61 bits per heavy atom. The zero-order valence-electron chi connectivity index (χ0n) is 13.2. The van der Waals surface area contributed by atoms with Crippen LogP contribution in [0.25, 0.3) is 11.3 Å². The molecule has 0 fully saturated rings. The van der Waals surface area contributed by atoms with Crippen LogP contribution in [0.5, 0.6) is 5.75 Å². The van der Waals surface area contributed by atoms with Crippen molar-refractivity contribution in [1.29, 1.82) is 0 Å². The van der Waals surface area contributed by atoms with E-state index in [9.17, 15) is 9.59 Å². The highest BCUT2D eigenvalue weighted by atomic mass is 16.5. The Hall–Kier alpha value is -2.83. The van der Waals surface area contributed by atoms with E-state index in [1.54, 1.807) is 38.3 Å². The summed E-state index contributed by atoms with van der Waals surface area (Å²) in [6.45, 7) is 3.49. The summed E-state index contributed by atoms with van der Waals surface area (Å²) in [5, 5.41) is 6.36. The lowest BCUT2D eigenvalue weighted by Crippen LogP contribution is -2.39. The molecule has 1 unspecified atom stereocenters. The Balaban J connectivity index is 2.05. The Labute approximate surface area is 133 Å². The van der Waals surface area contributed by atoms with Gasteiger partial charge in [0, 0.05) is 11.6 Å². The lowest BCUT2D eigenvalue weighted by Gasteiger charge is -2.10. The SMILES string of the molecule is CCOC(=O)C(C)NC(=O)c1cc(-c2ccc(OC)cc2)no1. The molecule has 2 rings (SSSR count). The van der Waals surface area contributed by atoms with Crippen molar-refractivity contribution >= 4 is 11.9 Å². The van der Waals surface area contributed by atoms with E-state index in [1.165, 1.54) is 13.0 Å². The maximum absolute atomic E-state index is 12.0. The number of benzene rings is 1. The molecule has 0 aliphatic rings. The highest BCUT2D eigenvalue weighted by Crippen LogP contribution is 2.22. The molecule has 1 aromatic carbocycles. The van der Waals surface area contributed by atoms with Crippen LogP contribution in [0.15, 0.2) is 34.9 Å². The van der Waals surface area contributed by atoms with E-state index in [4.69, 9.17) is 14.0 Å². The first-order valence-corrected chi connectivity index (χ1v) is 7.13. The molecule has 0 aliphatic carbocycles. The third-order valence-electron chi connectivity index (χ3n) is 3.11. The van der Waals surface area contributed by atoms with Gasteiger partial charge < -0.3 is 19.3 Å². The molecule has 1 heterocycles. The number of methoxy groups -OCH3 is 1. The second kappa shape index (κ2) is 7.44. The van der Waals surface area contributed by atoms with Crippen molar-refractivity contribution < 1.29 is 23.6 Å². The fourth-order valence-corrected chi connectivity index (χ4v) is 1.87. The van der Waals surface area contributed by atoms with Gasteiger partial charge in [0.15, 0.2) is 0 Å². The van der Waals surface area contributed by atoms with Gasteiger partial charge in [0.1, 0.15) is 17.5 Å². The molecule has 1 N–H and O–H groups in total. The van der Waals surface area contributed by atoms with E-state index in [1.807, 2.05) is 0 Å². The second-order valence-electron chi connectivity index (χ2n) is 4.75. The van der Waals surface area contributed by atoms with Crippen molar-refractivity contribution in [3.8, 4) is 17.0 Å². The minimum Gasteiger partial charge on any atom is -0.497 e. The second-order valence-corrected chi connectivity index (χ2v) is 4.75. The quantitative estimate of drug-likeness (QED) is 0.820. The third kappa shape index (κ3) is 4.09. The molecule has 2 aromatic rings. The minimum atomic E-state index is -0.767. The number of amides is 1. The molecule has 0 spiro atoms. The molecule has 1 atom stereocenters. The van der Waals surface area contributed by atoms with Gasteiger partial charge in [-0.1, -0.05) is 5.16 Å². The van der Waals surface area contributed by atoms with Crippen molar-refractivity contribution in [2.75, 3.05) is 13.7 Å². The molecule has 122 valence electrons. The van der Waals surface area contributed by atoms with Crippen LogP contribution in [-0.4, -0.2) is 36.8 Å². The van der Waals surface area contributed by atoms with Gasteiger partial charge in [0.2, 0.25) is 5.76 Å². The van der Waals surface area contributed by atoms with Gasteiger partial charge in [-0.3, -0.25) is 4.79 Å². The summed E-state index contributed by atoms with van der Waals surface area (Å²) in [6.07, 6.45) is 0. The average Bonchev–Trinajstić information content (AvgIpc) is 3.05. The zero-order chi connectivity index (χ0) is 16.8. The van der Waals surface area contributed by atoms with Gasteiger partial charge in [-0.25, -0.2) is 4.79 Å². The number of esters is 1. The number of carbonyl (C=O) groups excluding carboxylic acids is 2. The van der Waals surface area contributed by atoms with Gasteiger partial charge in [0.05, 0.1) is 13.7 Å². The molecule has 1 amide bonds. The van der Waals surface area contributed by atoms with Crippen LogP contribution in [0.2, 0.25) is 0 Å². The molecule has 7 heteroatoms. The van der Waals surface area contributed by atoms with Gasteiger partial charge in [0.25, 0.3) is 5.91 Å². The lowest BCUT2D eigenvalue weighted by atomic mass is 10.1. The van der Waals surface area contributed by atoms with Crippen molar-refractivity contribution in [2.24, 2.45) is 0 Å². The van der Waals surface area contributed by atoms with Crippen LogP contribution in [-0.2, 0) is 9.53 Å². The van der Waals surface area contributed by atoms with Crippen molar-refractivity contribution in [2.45, 2.75) is 19.9 Å². The summed E-state index contributed by atoms with van der Waals surface area (Å²) in [5.41, 5.74) is 1.30. The zero-order valence-corrected chi connectivity index (χ0v) is 13.2. The predicted octanol–water partition coefficient (Wildman–Crippen LogP) is 2.03. The molecule has 0 bridgehead atoms. The minimum absolute atomic E-state index is 0.0203. The summed E-state index contributed by atoms with van der Waals surface area (Å²) in [7, 11) is 1.58. The number of hydrogen-bond acceptors (Lipinski definition) is 6. The standard InChI is InChI=1S/C16H18N2O5/c1-4-22-16(20)10(2)17-15(19)14-9-13(18-23-14)11-5-7-12(21-3)8-6-11/h5-10H,4H2,1-3H3,(H,17,19). The average molecular weight is 318 g/mol. The molecule has 0 saturated heterocycles. The Kier molecular flexibility index (Phi) is 5.35. The summed E-state index contributed by atoms with van der Waals surface area (Å²) in [6, 6.07) is 7.92. The highest BCUT2D eigenvalue weighted by Gasteiger charge is 2.20. The fraction of sp³-hybridized carbons (Fsp3) is 0.312. The van der Waals surface area contributed by atoms with Crippen LogP contribution in [0.3, 0.4) is 0 Å². The van der Waals surface area contributed by atoms with Crippen molar-refractivity contribution in [3.63, 3.8) is 0 Å². The van der Waals surface area contributed by atoms with Crippen molar-refractivity contribution in [3.05, 3.63) is 36.1 Å². The summed E-state index contributed by atoms with van der Waals surface area (Å²) < 4.78 is 14.9. The number of ether oxygens (including phenoxy) is 2.